The van der Waals surface area contributed by atoms with Gasteiger partial charge in [-0.2, -0.15) is 0 Å². The van der Waals surface area contributed by atoms with Gasteiger partial charge in [0, 0.05) is 0 Å². The van der Waals surface area contributed by atoms with E-state index < -0.39 is 5.60 Å². The zero-order valence-electron chi connectivity index (χ0n) is 31.4. The van der Waals surface area contributed by atoms with Crippen molar-refractivity contribution in [1.82, 2.24) is 5.32 Å². The van der Waals surface area contributed by atoms with Gasteiger partial charge in [0.2, 0.25) is 0 Å². The van der Waals surface area contributed by atoms with E-state index >= 15 is 0 Å². The van der Waals surface area contributed by atoms with E-state index in [0.717, 1.165) is 11.0 Å². The SMILES string of the molecule is CCCCCCCCCCCCCCCC[N+](C)(CCCCCCCCCCCCCCCC)CCNC(=O)OC(C)(C)C. The molecule has 0 aromatic carbocycles. The maximum absolute atomic E-state index is 12.2. The van der Waals surface area contributed by atoms with Crippen LogP contribution in [-0.2, 0) is 4.74 Å². The minimum absolute atomic E-state index is 0.281. The molecule has 1 amide bonds. The lowest BCUT2D eigenvalue weighted by Gasteiger charge is -2.35. The summed E-state index contributed by atoms with van der Waals surface area (Å²) in [6, 6.07) is 0. The monoisotopic (exact) mass is 624 g/mol. The van der Waals surface area contributed by atoms with E-state index in [1.54, 1.807) is 0 Å². The lowest BCUT2D eigenvalue weighted by atomic mass is 10.0. The summed E-state index contributed by atoms with van der Waals surface area (Å²) in [4.78, 5) is 12.2. The number of hydrogen-bond acceptors (Lipinski definition) is 2. The van der Waals surface area contributed by atoms with Crippen LogP contribution in [0.1, 0.15) is 214 Å². The van der Waals surface area contributed by atoms with Crippen LogP contribution < -0.4 is 5.32 Å². The maximum atomic E-state index is 12.2. The van der Waals surface area contributed by atoms with E-state index in [2.05, 4.69) is 26.2 Å². The highest BCUT2D eigenvalue weighted by molar-refractivity contribution is 5.67. The van der Waals surface area contributed by atoms with Gasteiger partial charge in [0.15, 0.2) is 0 Å². The molecule has 4 nitrogen and oxygen atoms in total. The zero-order valence-corrected chi connectivity index (χ0v) is 31.4. The molecule has 4 heteroatoms. The molecule has 0 aliphatic heterocycles. The van der Waals surface area contributed by atoms with Gasteiger partial charge in [-0.3, -0.25) is 0 Å². The first-order chi connectivity index (χ1) is 21.2. The molecular weight excluding hydrogens is 540 g/mol. The predicted molar refractivity (Wildman–Crippen MR) is 196 cm³/mol. The van der Waals surface area contributed by atoms with Crippen LogP contribution in [0.2, 0.25) is 0 Å². The van der Waals surface area contributed by atoms with E-state index in [1.807, 2.05) is 20.8 Å². The molecule has 0 rings (SSSR count). The molecule has 0 aromatic heterocycles. The lowest BCUT2D eigenvalue weighted by Crippen LogP contribution is -2.50. The molecule has 0 bridgehead atoms. The molecule has 44 heavy (non-hydrogen) atoms. The van der Waals surface area contributed by atoms with Crippen LogP contribution in [0.4, 0.5) is 4.79 Å². The summed E-state index contributed by atoms with van der Waals surface area (Å²) in [5, 5.41) is 3.02. The van der Waals surface area contributed by atoms with Crippen molar-refractivity contribution < 1.29 is 14.0 Å². The second-order valence-electron chi connectivity index (χ2n) is 15.4. The van der Waals surface area contributed by atoms with Gasteiger partial charge >= 0.3 is 6.09 Å². The summed E-state index contributed by atoms with van der Waals surface area (Å²) in [6.45, 7) is 14.5. The molecule has 0 aliphatic rings. The van der Waals surface area contributed by atoms with Crippen molar-refractivity contribution >= 4 is 6.09 Å². The summed E-state index contributed by atoms with van der Waals surface area (Å²) < 4.78 is 6.54. The minimum Gasteiger partial charge on any atom is -0.444 e. The van der Waals surface area contributed by atoms with E-state index in [4.69, 9.17) is 4.74 Å². The molecule has 0 radical (unpaired) electrons. The number of hydrogen-bond donors (Lipinski definition) is 1. The van der Waals surface area contributed by atoms with Gasteiger partial charge in [-0.15, -0.1) is 0 Å². The second kappa shape index (κ2) is 30.9. The van der Waals surface area contributed by atoms with Gasteiger partial charge < -0.3 is 14.5 Å². The van der Waals surface area contributed by atoms with Gasteiger partial charge in [0.05, 0.1) is 33.2 Å². The van der Waals surface area contributed by atoms with Crippen LogP contribution in [0.5, 0.6) is 0 Å². The van der Waals surface area contributed by atoms with Gasteiger partial charge in [-0.1, -0.05) is 168 Å². The van der Waals surface area contributed by atoms with Crippen LogP contribution in [0.25, 0.3) is 0 Å². The van der Waals surface area contributed by atoms with Crippen molar-refractivity contribution in [3.63, 3.8) is 0 Å². The Labute approximate surface area is 278 Å². The summed E-state index contributed by atoms with van der Waals surface area (Å²) in [7, 11) is 2.42. The number of likely N-dealkylation sites (N-methyl/N-ethyl adjacent to an activating group) is 1. The maximum Gasteiger partial charge on any atom is 0.407 e. The van der Waals surface area contributed by atoms with Gasteiger partial charge in [-0.25, -0.2) is 4.79 Å². The van der Waals surface area contributed by atoms with Crippen LogP contribution >= 0.6 is 0 Å². The average Bonchev–Trinajstić information content (AvgIpc) is 2.96. The molecule has 0 fully saturated rings. The molecule has 0 saturated heterocycles. The van der Waals surface area contributed by atoms with Crippen LogP contribution in [0, 0.1) is 0 Å². The summed E-state index contributed by atoms with van der Waals surface area (Å²) in [6.07, 6.45) is 39.1. The first-order valence-electron chi connectivity index (χ1n) is 20.0. The number of nitrogens with one attached hydrogen (secondary N) is 1. The van der Waals surface area contributed by atoms with Crippen LogP contribution in [-0.4, -0.2) is 49.4 Å². The Kier molecular flexibility index (Phi) is 30.3. The minimum atomic E-state index is -0.440. The highest BCUT2D eigenvalue weighted by atomic mass is 16.6. The Hall–Kier alpha value is -0.770. The molecule has 0 heterocycles. The quantitative estimate of drug-likeness (QED) is 0.0583. The van der Waals surface area contributed by atoms with Crippen molar-refractivity contribution in [3.8, 4) is 0 Å². The Morgan fingerprint density at radius 3 is 1.02 bits per heavy atom. The Morgan fingerprint density at radius 2 is 0.750 bits per heavy atom. The van der Waals surface area contributed by atoms with Crippen molar-refractivity contribution in [2.45, 2.75) is 220 Å². The number of carbonyl (C=O) groups is 1. The number of quaternary nitrogens is 1. The van der Waals surface area contributed by atoms with Crippen molar-refractivity contribution in [2.24, 2.45) is 0 Å². The molecule has 0 saturated carbocycles. The lowest BCUT2D eigenvalue weighted by molar-refractivity contribution is -0.908. The molecule has 0 unspecified atom stereocenters. The average molecular weight is 624 g/mol. The van der Waals surface area contributed by atoms with Gasteiger partial charge in [0.25, 0.3) is 0 Å². The topological polar surface area (TPSA) is 38.3 Å². The predicted octanol–water partition coefficient (Wildman–Crippen LogP) is 12.9. The fourth-order valence-corrected chi connectivity index (χ4v) is 6.45. The molecular formula is C40H83N2O2+. The van der Waals surface area contributed by atoms with Crippen molar-refractivity contribution in [2.75, 3.05) is 33.2 Å². The van der Waals surface area contributed by atoms with Crippen LogP contribution in [0.3, 0.4) is 0 Å². The largest absolute Gasteiger partial charge is 0.444 e. The summed E-state index contributed by atoms with van der Waals surface area (Å²) in [5.74, 6) is 0. The number of rotatable bonds is 33. The number of unbranched alkanes of at least 4 members (excludes halogenated alkanes) is 26. The first-order valence-corrected chi connectivity index (χ1v) is 20.0. The summed E-state index contributed by atoms with van der Waals surface area (Å²) in [5.41, 5.74) is -0.440. The molecule has 0 aromatic rings. The third kappa shape index (κ3) is 32.6. The first kappa shape index (κ1) is 43.2. The zero-order chi connectivity index (χ0) is 32.6. The third-order valence-corrected chi connectivity index (χ3v) is 9.42. The highest BCUT2D eigenvalue weighted by Crippen LogP contribution is 2.17. The molecule has 0 atom stereocenters. The molecule has 1 N–H and O–H groups in total. The second-order valence-corrected chi connectivity index (χ2v) is 15.4. The van der Waals surface area contributed by atoms with Gasteiger partial charge in [0.1, 0.15) is 5.60 Å². The van der Waals surface area contributed by atoms with E-state index in [0.29, 0.717) is 6.54 Å². The molecule has 0 spiro atoms. The smallest absolute Gasteiger partial charge is 0.407 e. The Morgan fingerprint density at radius 1 is 0.477 bits per heavy atom. The molecule has 264 valence electrons. The number of alkyl carbamates (subject to hydrolysis) is 1. The van der Waals surface area contributed by atoms with E-state index in [1.165, 1.54) is 193 Å². The fourth-order valence-electron chi connectivity index (χ4n) is 6.45. The van der Waals surface area contributed by atoms with E-state index in [-0.39, 0.29) is 6.09 Å². The number of amides is 1. The van der Waals surface area contributed by atoms with Crippen LogP contribution in [0.15, 0.2) is 0 Å². The highest BCUT2D eigenvalue weighted by Gasteiger charge is 2.22. The Balaban J connectivity index is 4.10. The summed E-state index contributed by atoms with van der Waals surface area (Å²) >= 11 is 0. The van der Waals surface area contributed by atoms with Gasteiger partial charge in [-0.05, 0) is 46.5 Å². The van der Waals surface area contributed by atoms with E-state index in [9.17, 15) is 4.79 Å². The fraction of sp³-hybridized carbons (Fsp3) is 0.975. The van der Waals surface area contributed by atoms with Crippen molar-refractivity contribution in [3.05, 3.63) is 0 Å². The standard InChI is InChI=1S/C40H82N2O2/c1-7-9-11-13-15-17-19-21-23-25-27-29-31-33-36-42(6,38-35-41-39(43)44-40(3,4)5)37-34-32-30-28-26-24-22-20-18-16-14-12-10-8-2/h7-38H2,1-6H3/p+1. The Bertz CT molecular complexity index is 569. The van der Waals surface area contributed by atoms with Crippen molar-refractivity contribution in [1.29, 1.82) is 0 Å². The third-order valence-electron chi connectivity index (χ3n) is 9.42. The normalized spacial score (nSPS) is 12.1. The number of carbonyl (C=O) groups excluding carboxylic acids is 1. The number of ether oxygens (including phenoxy) is 1. The number of nitrogens with zero attached hydrogens (tertiary/aromatic N) is 1. The molecule has 0 aliphatic carbocycles.